The van der Waals surface area contributed by atoms with Crippen molar-refractivity contribution in [3.63, 3.8) is 0 Å². The van der Waals surface area contributed by atoms with E-state index < -0.39 is 0 Å². The molecule has 116 valence electrons. The number of rotatable bonds is 6. The molecule has 1 N–H and O–H groups in total. The van der Waals surface area contributed by atoms with Crippen molar-refractivity contribution in [3.05, 3.63) is 46.7 Å². The van der Waals surface area contributed by atoms with Crippen molar-refractivity contribution < 1.29 is 9.18 Å². The maximum atomic E-state index is 13.8. The molecule has 4 nitrogen and oxygen atoms in total. The van der Waals surface area contributed by atoms with Crippen LogP contribution in [0.2, 0.25) is 0 Å². The first kappa shape index (κ1) is 15.1. The van der Waals surface area contributed by atoms with Crippen LogP contribution in [0.1, 0.15) is 31.0 Å². The van der Waals surface area contributed by atoms with Crippen LogP contribution >= 0.6 is 11.3 Å². The molecule has 0 aliphatic heterocycles. The van der Waals surface area contributed by atoms with Crippen LogP contribution in [0.3, 0.4) is 0 Å². The molecule has 1 aromatic heterocycles. The van der Waals surface area contributed by atoms with E-state index in [9.17, 15) is 9.18 Å². The molecule has 1 aromatic carbocycles. The van der Waals surface area contributed by atoms with E-state index in [-0.39, 0.29) is 11.7 Å². The molecule has 1 fully saturated rings. The minimum Gasteiger partial charge on any atom is -0.302 e. The summed E-state index contributed by atoms with van der Waals surface area (Å²) in [5, 5.41) is 5.25. The fraction of sp³-hybridized carbons (Fsp3) is 0.375. The third-order valence-electron chi connectivity index (χ3n) is 3.59. The van der Waals surface area contributed by atoms with Crippen molar-refractivity contribution in [2.45, 2.75) is 38.9 Å². The summed E-state index contributed by atoms with van der Waals surface area (Å²) in [6, 6.07) is 7.40. The van der Waals surface area contributed by atoms with Crippen molar-refractivity contribution in [1.82, 2.24) is 9.88 Å². The first-order valence-electron chi connectivity index (χ1n) is 7.31. The molecule has 0 atom stereocenters. The number of aromatic nitrogens is 1. The summed E-state index contributed by atoms with van der Waals surface area (Å²) in [5.41, 5.74) is 1.63. The standard InChI is InChI=1S/C16H18FN3OS/c1-11(21)18-16-19-13(10-22-16)9-20(14-6-7-14)8-12-4-2-3-5-15(12)17/h2-5,10,14H,6-9H2,1H3,(H,18,19,21). The molecule has 0 unspecified atom stereocenters. The van der Waals surface area contributed by atoms with Crippen molar-refractivity contribution in [2.75, 3.05) is 5.32 Å². The summed E-state index contributed by atoms with van der Waals surface area (Å²) in [7, 11) is 0. The maximum Gasteiger partial charge on any atom is 0.223 e. The monoisotopic (exact) mass is 319 g/mol. The summed E-state index contributed by atoms with van der Waals surface area (Å²) >= 11 is 1.42. The lowest BCUT2D eigenvalue weighted by molar-refractivity contribution is -0.114. The summed E-state index contributed by atoms with van der Waals surface area (Å²) in [4.78, 5) is 17.7. The van der Waals surface area contributed by atoms with Gasteiger partial charge in [0.2, 0.25) is 5.91 Å². The molecule has 3 rings (SSSR count). The van der Waals surface area contributed by atoms with Crippen LogP contribution in [-0.4, -0.2) is 21.8 Å². The number of hydrogen-bond acceptors (Lipinski definition) is 4. The second-order valence-corrected chi connectivity index (χ2v) is 6.41. The van der Waals surface area contributed by atoms with Gasteiger partial charge in [-0.3, -0.25) is 9.69 Å². The van der Waals surface area contributed by atoms with Crippen molar-refractivity contribution in [1.29, 1.82) is 0 Å². The minimum absolute atomic E-state index is 0.119. The average Bonchev–Trinajstić information content (AvgIpc) is 3.23. The summed E-state index contributed by atoms with van der Waals surface area (Å²) in [5.74, 6) is -0.281. The van der Waals surface area contributed by atoms with Crippen molar-refractivity contribution in [2.24, 2.45) is 0 Å². The van der Waals surface area contributed by atoms with Gasteiger partial charge in [0, 0.05) is 37.0 Å². The molecule has 0 radical (unpaired) electrons. The lowest BCUT2D eigenvalue weighted by atomic mass is 10.2. The van der Waals surface area contributed by atoms with E-state index in [1.807, 2.05) is 17.5 Å². The Balaban J connectivity index is 1.68. The van der Waals surface area contributed by atoms with E-state index >= 15 is 0 Å². The molecule has 22 heavy (non-hydrogen) atoms. The number of thiazole rings is 1. The number of anilines is 1. The van der Waals surface area contributed by atoms with Gasteiger partial charge in [0.25, 0.3) is 0 Å². The van der Waals surface area contributed by atoms with Gasteiger partial charge in [-0.05, 0) is 18.9 Å². The molecule has 6 heteroatoms. The highest BCUT2D eigenvalue weighted by atomic mass is 32.1. The van der Waals surface area contributed by atoms with E-state index in [1.54, 1.807) is 6.07 Å². The predicted molar refractivity (Wildman–Crippen MR) is 85.1 cm³/mol. The number of benzene rings is 1. The molecule has 1 amide bonds. The highest BCUT2D eigenvalue weighted by molar-refractivity contribution is 7.13. The molecule has 1 saturated carbocycles. The van der Waals surface area contributed by atoms with E-state index in [0.29, 0.717) is 29.8 Å². The Morgan fingerprint density at radius 1 is 1.41 bits per heavy atom. The minimum atomic E-state index is -0.162. The number of nitrogens with zero attached hydrogens (tertiary/aromatic N) is 2. The zero-order chi connectivity index (χ0) is 15.5. The number of halogens is 1. The lowest BCUT2D eigenvalue weighted by Crippen LogP contribution is -2.25. The number of amides is 1. The topological polar surface area (TPSA) is 45.2 Å². The smallest absolute Gasteiger partial charge is 0.223 e. The van der Waals surface area contributed by atoms with Crippen LogP contribution in [0, 0.1) is 5.82 Å². The largest absolute Gasteiger partial charge is 0.302 e. The highest BCUT2D eigenvalue weighted by Crippen LogP contribution is 2.30. The Morgan fingerprint density at radius 3 is 2.86 bits per heavy atom. The van der Waals surface area contributed by atoms with Gasteiger partial charge >= 0.3 is 0 Å². The molecule has 1 heterocycles. The fourth-order valence-corrected chi connectivity index (χ4v) is 3.14. The van der Waals surface area contributed by atoms with Gasteiger partial charge in [-0.15, -0.1) is 11.3 Å². The maximum absolute atomic E-state index is 13.8. The number of nitrogens with one attached hydrogen (secondary N) is 1. The Kier molecular flexibility index (Phi) is 4.49. The first-order valence-corrected chi connectivity index (χ1v) is 8.19. The second-order valence-electron chi connectivity index (χ2n) is 5.55. The zero-order valence-corrected chi connectivity index (χ0v) is 13.2. The second kappa shape index (κ2) is 6.54. The third-order valence-corrected chi connectivity index (χ3v) is 4.40. The normalized spacial score (nSPS) is 14.3. The van der Waals surface area contributed by atoms with Gasteiger partial charge in [-0.2, -0.15) is 0 Å². The Labute approximate surface area is 133 Å². The van der Waals surface area contributed by atoms with Crippen LogP contribution in [0.5, 0.6) is 0 Å². The molecule has 1 aliphatic rings. The van der Waals surface area contributed by atoms with E-state index in [2.05, 4.69) is 15.2 Å². The highest BCUT2D eigenvalue weighted by Gasteiger charge is 2.30. The molecule has 0 spiro atoms. The van der Waals surface area contributed by atoms with Crippen molar-refractivity contribution in [3.8, 4) is 0 Å². The summed E-state index contributed by atoms with van der Waals surface area (Å²) in [6.45, 7) is 2.73. The van der Waals surface area contributed by atoms with Crippen LogP contribution in [0.15, 0.2) is 29.6 Å². The molecule has 0 bridgehead atoms. The van der Waals surface area contributed by atoms with E-state index in [0.717, 1.165) is 18.5 Å². The fourth-order valence-electron chi connectivity index (χ4n) is 2.39. The molecule has 2 aromatic rings. The SMILES string of the molecule is CC(=O)Nc1nc(CN(Cc2ccccc2F)C2CC2)cs1. The first-order chi connectivity index (χ1) is 10.6. The average molecular weight is 319 g/mol. The van der Waals surface area contributed by atoms with Gasteiger partial charge in [0.05, 0.1) is 5.69 Å². The van der Waals surface area contributed by atoms with Gasteiger partial charge < -0.3 is 5.32 Å². The van der Waals surface area contributed by atoms with Gasteiger partial charge in [0.15, 0.2) is 5.13 Å². The Morgan fingerprint density at radius 2 is 2.18 bits per heavy atom. The Bertz CT molecular complexity index is 669. The third kappa shape index (κ3) is 3.90. The van der Waals surface area contributed by atoms with Crippen LogP contribution < -0.4 is 5.32 Å². The van der Waals surface area contributed by atoms with E-state index in [4.69, 9.17) is 0 Å². The summed E-state index contributed by atoms with van der Waals surface area (Å²) < 4.78 is 13.8. The van der Waals surface area contributed by atoms with E-state index in [1.165, 1.54) is 24.3 Å². The van der Waals surface area contributed by atoms with Crippen LogP contribution in [0.4, 0.5) is 9.52 Å². The van der Waals surface area contributed by atoms with Gasteiger partial charge in [-0.25, -0.2) is 9.37 Å². The lowest BCUT2D eigenvalue weighted by Gasteiger charge is -2.21. The molecule has 1 aliphatic carbocycles. The van der Waals surface area contributed by atoms with Crippen molar-refractivity contribution >= 4 is 22.4 Å². The summed E-state index contributed by atoms with van der Waals surface area (Å²) in [6.07, 6.45) is 2.30. The molecule has 0 saturated heterocycles. The van der Waals surface area contributed by atoms with Crippen LogP contribution in [0.25, 0.3) is 0 Å². The van der Waals surface area contributed by atoms with Gasteiger partial charge in [-0.1, -0.05) is 18.2 Å². The quantitative estimate of drug-likeness (QED) is 0.887. The van der Waals surface area contributed by atoms with Crippen LogP contribution in [-0.2, 0) is 17.9 Å². The predicted octanol–water partition coefficient (Wildman–Crippen LogP) is 3.41. The molecular formula is C16H18FN3OS. The number of hydrogen-bond donors (Lipinski definition) is 1. The molecular weight excluding hydrogens is 301 g/mol. The Hall–Kier alpha value is -1.79. The number of carbonyl (C=O) groups is 1. The van der Waals surface area contributed by atoms with Gasteiger partial charge in [0.1, 0.15) is 5.82 Å². The number of carbonyl (C=O) groups excluding carboxylic acids is 1. The zero-order valence-electron chi connectivity index (χ0n) is 12.4.